The van der Waals surface area contributed by atoms with Crippen LogP contribution >= 0.6 is 0 Å². The van der Waals surface area contributed by atoms with Gasteiger partial charge in [0.15, 0.2) is 5.82 Å². The lowest BCUT2D eigenvalue weighted by molar-refractivity contribution is -0.117. The number of carbonyl (C=O) groups is 1. The van der Waals surface area contributed by atoms with Crippen molar-refractivity contribution in [1.82, 2.24) is 19.7 Å². The Bertz CT molecular complexity index is 905. The summed E-state index contributed by atoms with van der Waals surface area (Å²) in [7, 11) is 1.83. The van der Waals surface area contributed by atoms with Crippen LogP contribution in [0, 0.1) is 12.8 Å². The van der Waals surface area contributed by atoms with Gasteiger partial charge in [0.25, 0.3) is 0 Å². The van der Waals surface area contributed by atoms with Gasteiger partial charge in [0, 0.05) is 44.7 Å². The van der Waals surface area contributed by atoms with Gasteiger partial charge in [-0.1, -0.05) is 0 Å². The lowest BCUT2D eigenvalue weighted by atomic mass is 9.81. The molecule has 28 heavy (non-hydrogen) atoms. The molecule has 1 amide bonds. The molecule has 0 bridgehead atoms. The van der Waals surface area contributed by atoms with Crippen LogP contribution in [0.25, 0.3) is 0 Å². The Balaban J connectivity index is 1.41. The predicted molar refractivity (Wildman–Crippen MR) is 100 cm³/mol. The van der Waals surface area contributed by atoms with Crippen LogP contribution in [0.5, 0.6) is 0 Å². The molecule has 0 unspecified atom stereocenters. The molecular formula is C18H23F2N7O. The number of aryl methyl sites for hydroxylation is 1. The number of carbonyl (C=O) groups excluding carboxylic acids is 1. The summed E-state index contributed by atoms with van der Waals surface area (Å²) < 4.78 is 27.6. The maximum Gasteiger partial charge on any atom is 0.248 e. The zero-order valence-corrected chi connectivity index (χ0v) is 16.0. The molecule has 2 N–H and O–H groups in total. The summed E-state index contributed by atoms with van der Waals surface area (Å²) in [4.78, 5) is 22.7. The summed E-state index contributed by atoms with van der Waals surface area (Å²) in [5.74, 6) is -1.48. The van der Waals surface area contributed by atoms with Crippen molar-refractivity contribution in [2.24, 2.45) is 5.92 Å². The molecule has 0 saturated heterocycles. The van der Waals surface area contributed by atoms with E-state index in [2.05, 4.69) is 25.7 Å². The first kappa shape index (κ1) is 18.6. The first-order valence-electron chi connectivity index (χ1n) is 9.27. The number of anilines is 3. The zero-order valence-electron chi connectivity index (χ0n) is 16.0. The molecule has 150 valence electrons. The van der Waals surface area contributed by atoms with E-state index in [0.717, 1.165) is 5.56 Å². The molecule has 1 fully saturated rings. The second-order valence-electron chi connectivity index (χ2n) is 7.66. The number of alkyl halides is 2. The topological polar surface area (TPSA) is 88.0 Å². The molecule has 3 heterocycles. The van der Waals surface area contributed by atoms with Gasteiger partial charge in [-0.25, -0.2) is 13.8 Å². The Kier molecular flexibility index (Phi) is 4.43. The molecule has 0 radical (unpaired) electrons. The highest BCUT2D eigenvalue weighted by molar-refractivity contribution is 6.03. The lowest BCUT2D eigenvalue weighted by Crippen LogP contribution is -2.44. The van der Waals surface area contributed by atoms with Crippen molar-refractivity contribution >= 4 is 23.4 Å². The fourth-order valence-electron chi connectivity index (χ4n) is 3.58. The summed E-state index contributed by atoms with van der Waals surface area (Å²) in [5, 5.41) is 10.3. The average Bonchev–Trinajstić information content (AvgIpc) is 3.05. The summed E-state index contributed by atoms with van der Waals surface area (Å²) in [5.41, 5.74) is 2.22. The van der Waals surface area contributed by atoms with Gasteiger partial charge in [-0.2, -0.15) is 10.1 Å². The smallest absolute Gasteiger partial charge is 0.248 e. The van der Waals surface area contributed by atoms with Crippen molar-refractivity contribution in [1.29, 1.82) is 0 Å². The largest absolute Gasteiger partial charge is 0.350 e. The third kappa shape index (κ3) is 3.50. The van der Waals surface area contributed by atoms with E-state index < -0.39 is 5.92 Å². The van der Waals surface area contributed by atoms with Gasteiger partial charge in [0.05, 0.1) is 11.9 Å². The molecule has 1 aliphatic heterocycles. The number of hydrogen-bond donors (Lipinski definition) is 2. The number of likely N-dealkylation sites (N-methyl/N-ethyl adjacent to an activating group) is 1. The normalized spacial score (nSPS) is 21.1. The van der Waals surface area contributed by atoms with Gasteiger partial charge in [-0.05, 0) is 19.8 Å². The van der Waals surface area contributed by atoms with Crippen LogP contribution in [0.2, 0.25) is 0 Å². The van der Waals surface area contributed by atoms with E-state index in [1.807, 2.05) is 32.0 Å². The van der Waals surface area contributed by atoms with Gasteiger partial charge < -0.3 is 15.5 Å². The molecule has 0 spiro atoms. The van der Waals surface area contributed by atoms with E-state index in [1.54, 1.807) is 10.9 Å². The number of fused-ring (bicyclic) bond motifs is 1. The minimum absolute atomic E-state index is 0.0184. The minimum atomic E-state index is -2.51. The summed E-state index contributed by atoms with van der Waals surface area (Å²) >= 11 is 0. The minimum Gasteiger partial charge on any atom is -0.350 e. The summed E-state index contributed by atoms with van der Waals surface area (Å²) in [6, 6.07) is -0.313. The van der Waals surface area contributed by atoms with Gasteiger partial charge in [0.1, 0.15) is 11.7 Å². The Morgan fingerprint density at radius 3 is 2.82 bits per heavy atom. The maximum absolute atomic E-state index is 13.0. The molecule has 0 aromatic carbocycles. The van der Waals surface area contributed by atoms with Gasteiger partial charge in [-0.3, -0.25) is 9.48 Å². The lowest BCUT2D eigenvalue weighted by Gasteiger charge is -2.34. The number of nitrogens with one attached hydrogen (secondary N) is 2. The Morgan fingerprint density at radius 2 is 2.11 bits per heavy atom. The van der Waals surface area contributed by atoms with E-state index in [9.17, 15) is 13.6 Å². The molecule has 2 aromatic heterocycles. The van der Waals surface area contributed by atoms with Gasteiger partial charge in [0.2, 0.25) is 17.8 Å². The molecule has 2 aliphatic rings. The molecule has 1 atom stereocenters. The van der Waals surface area contributed by atoms with Crippen LogP contribution in [0.15, 0.2) is 12.4 Å². The first-order valence-corrected chi connectivity index (χ1v) is 9.27. The van der Waals surface area contributed by atoms with Crippen molar-refractivity contribution in [2.45, 2.75) is 51.7 Å². The molecule has 4 rings (SSSR count). The van der Waals surface area contributed by atoms with E-state index in [0.29, 0.717) is 36.2 Å². The highest BCUT2D eigenvalue weighted by Crippen LogP contribution is 2.43. The van der Waals surface area contributed by atoms with Gasteiger partial charge >= 0.3 is 0 Å². The fraction of sp³-hybridized carbons (Fsp3) is 0.556. The van der Waals surface area contributed by atoms with Crippen LogP contribution < -0.4 is 15.5 Å². The van der Waals surface area contributed by atoms with Crippen molar-refractivity contribution < 1.29 is 13.6 Å². The quantitative estimate of drug-likeness (QED) is 0.814. The van der Waals surface area contributed by atoms with Crippen LogP contribution in [0.1, 0.15) is 31.0 Å². The third-order valence-corrected chi connectivity index (χ3v) is 5.37. The molecular weight excluding hydrogens is 368 g/mol. The number of rotatable bonds is 5. The van der Waals surface area contributed by atoms with Crippen molar-refractivity contribution in [2.75, 3.05) is 22.6 Å². The number of halogens is 2. The van der Waals surface area contributed by atoms with Crippen molar-refractivity contribution in [3.8, 4) is 0 Å². The van der Waals surface area contributed by atoms with Gasteiger partial charge in [-0.15, -0.1) is 0 Å². The van der Waals surface area contributed by atoms with E-state index >= 15 is 0 Å². The second-order valence-corrected chi connectivity index (χ2v) is 7.66. The Morgan fingerprint density at radius 1 is 1.36 bits per heavy atom. The second kappa shape index (κ2) is 6.68. The van der Waals surface area contributed by atoms with E-state index in [4.69, 9.17) is 0 Å². The monoisotopic (exact) mass is 391 g/mol. The maximum atomic E-state index is 13.0. The number of nitrogens with zero attached hydrogens (tertiary/aromatic N) is 5. The molecule has 2 aromatic rings. The highest BCUT2D eigenvalue weighted by Gasteiger charge is 2.45. The molecule has 8 nitrogen and oxygen atoms in total. The Hall–Kier alpha value is -2.78. The number of aromatic nitrogens is 4. The number of hydrogen-bond acceptors (Lipinski definition) is 6. The van der Waals surface area contributed by atoms with Crippen LogP contribution in [-0.2, 0) is 17.9 Å². The van der Waals surface area contributed by atoms with Crippen molar-refractivity contribution in [3.63, 3.8) is 0 Å². The van der Waals surface area contributed by atoms with Crippen LogP contribution in [0.4, 0.5) is 26.2 Å². The highest BCUT2D eigenvalue weighted by atomic mass is 19.3. The zero-order chi connectivity index (χ0) is 20.1. The fourth-order valence-corrected chi connectivity index (χ4v) is 3.58. The SMILES string of the molecule is Cc1nc(NCc2cnn(CC3CC(F)(F)C3)c2)nc2c1NC(=O)[C@H](C)N2C. The standard InChI is InChI=1S/C18H23F2N7O/c1-10-14-15(26(3)11(2)16(28)24-14)25-17(23-10)21-6-13-7-22-27(9-13)8-12-4-18(19,20)5-12/h7,9,11-12H,4-6,8H2,1-3H3,(H,24,28)(H,21,23,25)/t11-/m0/s1. The molecule has 1 aliphatic carbocycles. The predicted octanol–water partition coefficient (Wildman–Crippen LogP) is 2.42. The summed E-state index contributed by atoms with van der Waals surface area (Å²) in [6.07, 6.45) is 3.43. The average molecular weight is 391 g/mol. The number of amides is 1. The molecule has 10 heteroatoms. The Labute approximate surface area is 161 Å². The molecule has 1 saturated carbocycles. The third-order valence-electron chi connectivity index (χ3n) is 5.37. The van der Waals surface area contributed by atoms with E-state index in [1.165, 1.54) is 0 Å². The van der Waals surface area contributed by atoms with Crippen molar-refractivity contribution in [3.05, 3.63) is 23.7 Å². The van der Waals surface area contributed by atoms with Crippen LogP contribution in [0.3, 0.4) is 0 Å². The summed E-state index contributed by atoms with van der Waals surface area (Å²) in [6.45, 7) is 4.61. The first-order chi connectivity index (χ1) is 13.2. The van der Waals surface area contributed by atoms with E-state index in [-0.39, 0.29) is 30.7 Å². The van der Waals surface area contributed by atoms with Crippen LogP contribution in [-0.4, -0.2) is 44.7 Å².